The highest BCUT2D eigenvalue weighted by atomic mass is 16.5. The van der Waals surface area contributed by atoms with Gasteiger partial charge < -0.3 is 15.0 Å². The third kappa shape index (κ3) is 3.64. The molecule has 26 heavy (non-hydrogen) atoms. The van der Waals surface area contributed by atoms with Crippen LogP contribution < -0.4 is 5.32 Å². The Morgan fingerprint density at radius 3 is 2.27 bits per heavy atom. The molecule has 5 heteroatoms. The Kier molecular flexibility index (Phi) is 5.53. The fourth-order valence-electron chi connectivity index (χ4n) is 5.76. The van der Waals surface area contributed by atoms with E-state index in [1.54, 1.807) is 0 Å². The second-order valence-corrected chi connectivity index (χ2v) is 9.07. The van der Waals surface area contributed by atoms with Gasteiger partial charge in [0, 0.05) is 43.7 Å². The minimum atomic E-state index is -0.0642. The van der Waals surface area contributed by atoms with Crippen molar-refractivity contribution in [3.8, 4) is 0 Å². The number of carbonyl (C=O) groups is 2. The number of amides is 2. The molecule has 0 aromatic carbocycles. The summed E-state index contributed by atoms with van der Waals surface area (Å²) in [5.74, 6) is 0.640. The van der Waals surface area contributed by atoms with Crippen molar-refractivity contribution in [2.75, 3.05) is 26.3 Å². The predicted molar refractivity (Wildman–Crippen MR) is 99.5 cm³/mol. The maximum absolute atomic E-state index is 13.1. The number of ether oxygens (including phenoxy) is 1. The molecule has 2 aliphatic carbocycles. The Hall–Kier alpha value is -1.10. The lowest BCUT2D eigenvalue weighted by molar-refractivity contribution is -0.136. The summed E-state index contributed by atoms with van der Waals surface area (Å²) in [7, 11) is 0. The molecule has 0 aromatic rings. The second-order valence-electron chi connectivity index (χ2n) is 9.07. The minimum absolute atomic E-state index is 0.0560. The van der Waals surface area contributed by atoms with E-state index in [0.717, 1.165) is 58.3 Å². The van der Waals surface area contributed by atoms with Crippen molar-refractivity contribution in [3.63, 3.8) is 0 Å². The van der Waals surface area contributed by atoms with Gasteiger partial charge >= 0.3 is 0 Å². The van der Waals surface area contributed by atoms with Gasteiger partial charge in [0.25, 0.3) is 0 Å². The predicted octanol–water partition coefficient (Wildman–Crippen LogP) is 2.88. The van der Waals surface area contributed by atoms with Gasteiger partial charge in [0.15, 0.2) is 0 Å². The molecule has 2 saturated heterocycles. The highest BCUT2D eigenvalue weighted by molar-refractivity contribution is 5.84. The lowest BCUT2D eigenvalue weighted by atomic mass is 9.71. The van der Waals surface area contributed by atoms with E-state index in [0.29, 0.717) is 18.5 Å². The van der Waals surface area contributed by atoms with E-state index in [1.807, 2.05) is 4.90 Å². The monoisotopic (exact) mass is 362 g/mol. The van der Waals surface area contributed by atoms with Gasteiger partial charge in [-0.2, -0.15) is 0 Å². The van der Waals surface area contributed by atoms with Crippen molar-refractivity contribution in [3.05, 3.63) is 0 Å². The zero-order valence-electron chi connectivity index (χ0n) is 16.0. The number of hydrogen-bond donors (Lipinski definition) is 1. The minimum Gasteiger partial charge on any atom is -0.381 e. The summed E-state index contributed by atoms with van der Waals surface area (Å²) in [5, 5.41) is 3.31. The summed E-state index contributed by atoms with van der Waals surface area (Å²) in [6, 6.07) is 0.350. The van der Waals surface area contributed by atoms with Crippen LogP contribution in [0.1, 0.15) is 70.6 Å². The van der Waals surface area contributed by atoms with E-state index in [4.69, 9.17) is 4.74 Å². The summed E-state index contributed by atoms with van der Waals surface area (Å²) in [6.07, 6.45) is 12.2. The molecular formula is C21H34N2O3. The van der Waals surface area contributed by atoms with Crippen LogP contribution in [0.4, 0.5) is 0 Å². The molecule has 2 amide bonds. The van der Waals surface area contributed by atoms with Gasteiger partial charge in [-0.05, 0) is 38.5 Å². The number of nitrogens with zero attached hydrogens (tertiary/aromatic N) is 1. The molecule has 2 heterocycles. The number of hydrogen-bond acceptors (Lipinski definition) is 3. The van der Waals surface area contributed by atoms with Crippen molar-refractivity contribution in [1.29, 1.82) is 0 Å². The van der Waals surface area contributed by atoms with Crippen molar-refractivity contribution < 1.29 is 14.3 Å². The Balaban J connectivity index is 1.47. The summed E-state index contributed by atoms with van der Waals surface area (Å²) in [4.78, 5) is 28.3. The summed E-state index contributed by atoms with van der Waals surface area (Å²) >= 11 is 0. The molecule has 1 N–H and O–H groups in total. The number of rotatable bonds is 3. The van der Waals surface area contributed by atoms with E-state index >= 15 is 0 Å². The SMILES string of the molecule is O=C(NC1CCCC1)C1CN(C(=O)C2CCCCC2)CC12CCOCC2. The van der Waals surface area contributed by atoms with Gasteiger partial charge in [-0.1, -0.05) is 32.1 Å². The van der Waals surface area contributed by atoms with Crippen LogP contribution in [0.25, 0.3) is 0 Å². The number of likely N-dealkylation sites (tertiary alicyclic amines) is 1. The molecule has 5 nitrogen and oxygen atoms in total. The largest absolute Gasteiger partial charge is 0.381 e. The van der Waals surface area contributed by atoms with Crippen LogP contribution in [0.15, 0.2) is 0 Å². The zero-order chi connectivity index (χ0) is 18.0. The summed E-state index contributed by atoms with van der Waals surface area (Å²) < 4.78 is 5.59. The zero-order valence-corrected chi connectivity index (χ0v) is 16.0. The third-order valence-corrected chi connectivity index (χ3v) is 7.42. The first-order valence-electron chi connectivity index (χ1n) is 10.8. The first-order valence-corrected chi connectivity index (χ1v) is 10.8. The average molecular weight is 363 g/mol. The Labute approximate surface area is 157 Å². The normalized spacial score (nSPS) is 30.0. The molecular weight excluding hydrogens is 328 g/mol. The molecule has 1 atom stereocenters. The molecule has 1 spiro atoms. The number of carbonyl (C=O) groups excluding carboxylic acids is 2. The van der Waals surface area contributed by atoms with Gasteiger partial charge in [0.2, 0.25) is 11.8 Å². The maximum atomic E-state index is 13.1. The molecule has 2 saturated carbocycles. The third-order valence-electron chi connectivity index (χ3n) is 7.42. The van der Waals surface area contributed by atoms with Gasteiger partial charge in [-0.3, -0.25) is 9.59 Å². The van der Waals surface area contributed by atoms with Crippen LogP contribution in [0.3, 0.4) is 0 Å². The van der Waals surface area contributed by atoms with E-state index in [-0.39, 0.29) is 23.2 Å². The Morgan fingerprint density at radius 2 is 1.58 bits per heavy atom. The van der Waals surface area contributed by atoms with Crippen molar-refractivity contribution in [2.45, 2.75) is 76.7 Å². The van der Waals surface area contributed by atoms with Crippen LogP contribution in [-0.2, 0) is 14.3 Å². The molecule has 146 valence electrons. The topological polar surface area (TPSA) is 58.6 Å². The molecule has 2 aliphatic heterocycles. The fraction of sp³-hybridized carbons (Fsp3) is 0.905. The highest BCUT2D eigenvalue weighted by Gasteiger charge is 2.52. The molecule has 0 aromatic heterocycles. The van der Waals surface area contributed by atoms with Gasteiger partial charge in [-0.25, -0.2) is 0 Å². The molecule has 4 fully saturated rings. The van der Waals surface area contributed by atoms with E-state index in [9.17, 15) is 9.59 Å². The fourth-order valence-corrected chi connectivity index (χ4v) is 5.76. The van der Waals surface area contributed by atoms with E-state index in [1.165, 1.54) is 32.1 Å². The lowest BCUT2D eigenvalue weighted by Crippen LogP contribution is -2.46. The van der Waals surface area contributed by atoms with Crippen molar-refractivity contribution >= 4 is 11.8 Å². The summed E-state index contributed by atoms with van der Waals surface area (Å²) in [5.41, 5.74) is -0.0642. The molecule has 0 bridgehead atoms. The average Bonchev–Trinajstić information content (AvgIpc) is 3.31. The first-order chi connectivity index (χ1) is 12.7. The van der Waals surface area contributed by atoms with Crippen LogP contribution in [0, 0.1) is 17.3 Å². The standard InChI is InChI=1S/C21H34N2O3/c24-19(22-17-8-4-5-9-17)18-14-23(15-21(18)10-12-26-13-11-21)20(25)16-6-2-1-3-7-16/h16-18H,1-15H2,(H,22,24). The molecule has 4 rings (SSSR count). The van der Waals surface area contributed by atoms with Crippen molar-refractivity contribution in [1.82, 2.24) is 10.2 Å². The first kappa shape index (κ1) is 18.3. The van der Waals surface area contributed by atoms with Crippen LogP contribution in [-0.4, -0.2) is 49.1 Å². The molecule has 0 radical (unpaired) electrons. The highest BCUT2D eigenvalue weighted by Crippen LogP contribution is 2.45. The quantitative estimate of drug-likeness (QED) is 0.840. The van der Waals surface area contributed by atoms with E-state index < -0.39 is 0 Å². The second kappa shape index (κ2) is 7.87. The van der Waals surface area contributed by atoms with Crippen LogP contribution in [0.2, 0.25) is 0 Å². The van der Waals surface area contributed by atoms with Crippen molar-refractivity contribution in [2.24, 2.45) is 17.3 Å². The van der Waals surface area contributed by atoms with Gasteiger partial charge in [0.1, 0.15) is 0 Å². The molecule has 1 unspecified atom stereocenters. The van der Waals surface area contributed by atoms with Crippen LogP contribution >= 0.6 is 0 Å². The smallest absolute Gasteiger partial charge is 0.225 e. The van der Waals surface area contributed by atoms with E-state index in [2.05, 4.69) is 5.32 Å². The molecule has 4 aliphatic rings. The van der Waals surface area contributed by atoms with Crippen LogP contribution in [0.5, 0.6) is 0 Å². The Morgan fingerprint density at radius 1 is 0.923 bits per heavy atom. The Bertz CT molecular complexity index is 517. The number of nitrogens with one attached hydrogen (secondary N) is 1. The maximum Gasteiger partial charge on any atom is 0.225 e. The lowest BCUT2D eigenvalue weighted by Gasteiger charge is -2.37. The summed E-state index contributed by atoms with van der Waals surface area (Å²) in [6.45, 7) is 2.82. The van der Waals surface area contributed by atoms with Gasteiger partial charge in [0.05, 0.1) is 5.92 Å². The van der Waals surface area contributed by atoms with Gasteiger partial charge in [-0.15, -0.1) is 0 Å².